The van der Waals surface area contributed by atoms with Crippen molar-refractivity contribution in [2.24, 2.45) is 0 Å². The average Bonchev–Trinajstić information content (AvgIpc) is 2.89. The maximum Gasteiger partial charge on any atom is 0.200 e. The third kappa shape index (κ3) is 3.90. The normalized spacial score (nSPS) is 12.0. The number of hydrogen-bond acceptors (Lipinski definition) is 0. The van der Waals surface area contributed by atoms with E-state index in [1.165, 1.54) is 0 Å². The van der Waals surface area contributed by atoms with Gasteiger partial charge in [-0.1, -0.05) is 12.7 Å². The highest BCUT2D eigenvalue weighted by Gasteiger charge is 2.53. The van der Waals surface area contributed by atoms with Gasteiger partial charge in [0.1, 0.15) is 0 Å². The van der Waals surface area contributed by atoms with E-state index in [0.717, 1.165) is 0 Å². The van der Waals surface area contributed by atoms with Crippen LogP contribution in [0.5, 0.6) is 0 Å². The highest BCUT2D eigenvalue weighted by atomic mass is 19.2. The average molecular weight is 566 g/mol. The lowest BCUT2D eigenvalue weighted by atomic mass is 9.64. The van der Waals surface area contributed by atoms with Crippen LogP contribution in [0.3, 0.4) is 0 Å². The second kappa shape index (κ2) is 10.1. The largest absolute Gasteiger partial charge is 0.203 e. The first kappa shape index (κ1) is 29.2. The zero-order valence-electron chi connectivity index (χ0n) is 17.9. The maximum atomic E-state index is 15.0. The van der Waals surface area contributed by atoms with Gasteiger partial charge in [0.15, 0.2) is 69.8 Å². The van der Waals surface area contributed by atoms with Crippen molar-refractivity contribution < 1.29 is 65.9 Å². The number of rotatable bonds is 6. The molecule has 0 amide bonds. The quantitative estimate of drug-likeness (QED) is 0.0956. The molecule has 3 aromatic rings. The molecule has 0 bridgehead atoms. The highest BCUT2D eigenvalue weighted by molar-refractivity contribution is 6.08. The van der Waals surface area contributed by atoms with Crippen LogP contribution in [0.2, 0.25) is 6.32 Å². The molecular weight excluding hydrogens is 560 g/mol. The molecule has 16 heteroatoms. The van der Waals surface area contributed by atoms with Crippen LogP contribution in [-0.2, 0) is 5.41 Å². The molecule has 0 heterocycles. The molecule has 38 heavy (non-hydrogen) atoms. The topological polar surface area (TPSA) is 0 Å². The van der Waals surface area contributed by atoms with E-state index in [0.29, 0.717) is 0 Å². The Kier molecular flexibility index (Phi) is 7.77. The second-order valence-electron chi connectivity index (χ2n) is 7.63. The SMILES string of the molecule is [B]CCCC(c1c(F)c(F)c(F)c(F)c1F)(c1c(F)c(F)c(F)c(F)c1F)c1c(F)c(F)c(F)c(F)c1F. The summed E-state index contributed by atoms with van der Waals surface area (Å²) >= 11 is 0. The monoisotopic (exact) mass is 566 g/mol. The summed E-state index contributed by atoms with van der Waals surface area (Å²) in [6.45, 7) is 0. The molecule has 3 rings (SSSR count). The van der Waals surface area contributed by atoms with Gasteiger partial charge in [-0.15, -0.1) is 0 Å². The van der Waals surface area contributed by atoms with Gasteiger partial charge in [0, 0.05) is 16.7 Å². The number of hydrogen-bond donors (Lipinski definition) is 0. The van der Waals surface area contributed by atoms with Crippen LogP contribution in [0.15, 0.2) is 0 Å². The summed E-state index contributed by atoms with van der Waals surface area (Å²) in [6, 6.07) is 0. The van der Waals surface area contributed by atoms with Gasteiger partial charge < -0.3 is 0 Å². The maximum absolute atomic E-state index is 15.0. The van der Waals surface area contributed by atoms with Gasteiger partial charge >= 0.3 is 0 Å². The fraction of sp³-hybridized carbons (Fsp3) is 0.182. The molecular formula is C22H6BF15. The summed E-state index contributed by atoms with van der Waals surface area (Å²) in [7, 11) is 5.16. The molecule has 3 aromatic carbocycles. The lowest BCUT2D eigenvalue weighted by Gasteiger charge is -2.37. The Balaban J connectivity index is 2.86. The summed E-state index contributed by atoms with van der Waals surface area (Å²) in [5.74, 6) is -45.5. The van der Waals surface area contributed by atoms with Gasteiger partial charge in [0.05, 0.1) is 13.3 Å². The molecule has 0 N–H and O–H groups in total. The predicted octanol–water partition coefficient (Wildman–Crippen LogP) is 7.47. The zero-order valence-corrected chi connectivity index (χ0v) is 17.9. The fourth-order valence-electron chi connectivity index (χ4n) is 4.06. The zero-order chi connectivity index (χ0) is 29.0. The summed E-state index contributed by atoms with van der Waals surface area (Å²) < 4.78 is 216. The van der Waals surface area contributed by atoms with Crippen molar-refractivity contribution in [1.82, 2.24) is 0 Å². The lowest BCUT2D eigenvalue weighted by molar-refractivity contribution is 0.310. The van der Waals surface area contributed by atoms with Crippen molar-refractivity contribution in [2.45, 2.75) is 24.6 Å². The van der Waals surface area contributed by atoms with Crippen molar-refractivity contribution in [3.05, 3.63) is 104 Å². The van der Waals surface area contributed by atoms with Crippen LogP contribution in [0.4, 0.5) is 65.9 Å². The Morgan fingerprint density at radius 2 is 0.526 bits per heavy atom. The molecule has 2 radical (unpaired) electrons. The molecule has 0 saturated heterocycles. The first-order valence-corrected chi connectivity index (χ1v) is 9.85. The van der Waals surface area contributed by atoms with Gasteiger partial charge in [-0.25, -0.2) is 65.9 Å². The predicted molar refractivity (Wildman–Crippen MR) is 98.4 cm³/mol. The Morgan fingerprint density at radius 1 is 0.342 bits per heavy atom. The van der Waals surface area contributed by atoms with Gasteiger partial charge in [-0.05, 0) is 6.42 Å². The molecule has 0 atom stereocenters. The minimum absolute atomic E-state index is 0.831. The third-order valence-corrected chi connectivity index (χ3v) is 5.67. The molecule has 0 aliphatic rings. The Bertz CT molecular complexity index is 1210. The number of benzene rings is 3. The standard InChI is InChI=1S/C22H6BF15/c23-3-1-2-22(4-7(24)13(30)19(36)14(31)8(4)25,5-9(26)15(32)20(37)16(33)10(5)27)6-11(28)17(34)21(38)18(35)12(6)29/h1-3H2. The van der Waals surface area contributed by atoms with Crippen LogP contribution in [-0.4, -0.2) is 7.85 Å². The van der Waals surface area contributed by atoms with E-state index in [9.17, 15) is 39.5 Å². The molecule has 0 aromatic heterocycles. The highest BCUT2D eigenvalue weighted by Crippen LogP contribution is 2.51. The van der Waals surface area contributed by atoms with E-state index in [1.54, 1.807) is 0 Å². The Hall–Kier alpha value is -3.33. The lowest BCUT2D eigenvalue weighted by Crippen LogP contribution is -2.39. The molecule has 0 nitrogen and oxygen atoms in total. The molecule has 0 unspecified atom stereocenters. The summed E-state index contributed by atoms with van der Waals surface area (Å²) in [4.78, 5) is 0. The van der Waals surface area contributed by atoms with Crippen LogP contribution in [0, 0.1) is 87.3 Å². The van der Waals surface area contributed by atoms with Gasteiger partial charge in [0.25, 0.3) is 0 Å². The van der Waals surface area contributed by atoms with Crippen molar-refractivity contribution in [1.29, 1.82) is 0 Å². The minimum atomic E-state index is -4.48. The number of halogens is 15. The van der Waals surface area contributed by atoms with Gasteiger partial charge in [-0.2, -0.15) is 0 Å². The summed E-state index contributed by atoms with van der Waals surface area (Å²) in [6.07, 6.45) is -3.68. The molecule has 0 saturated carbocycles. The van der Waals surface area contributed by atoms with E-state index < -0.39 is 129 Å². The smallest absolute Gasteiger partial charge is 0.200 e. The van der Waals surface area contributed by atoms with Crippen molar-refractivity contribution in [3.8, 4) is 0 Å². The molecule has 202 valence electrons. The van der Waals surface area contributed by atoms with Crippen LogP contribution in [0.25, 0.3) is 0 Å². The third-order valence-electron chi connectivity index (χ3n) is 5.67. The molecule has 0 spiro atoms. The van der Waals surface area contributed by atoms with Gasteiger partial charge in [-0.3, -0.25) is 0 Å². The van der Waals surface area contributed by atoms with E-state index in [1.807, 2.05) is 0 Å². The Morgan fingerprint density at radius 3 is 0.711 bits per heavy atom. The van der Waals surface area contributed by atoms with E-state index in [4.69, 9.17) is 7.85 Å². The van der Waals surface area contributed by atoms with E-state index >= 15 is 26.3 Å². The van der Waals surface area contributed by atoms with Crippen LogP contribution >= 0.6 is 0 Å². The fourth-order valence-corrected chi connectivity index (χ4v) is 4.06. The first-order chi connectivity index (χ1) is 17.6. The van der Waals surface area contributed by atoms with E-state index in [2.05, 4.69) is 0 Å². The van der Waals surface area contributed by atoms with E-state index in [-0.39, 0.29) is 0 Å². The second-order valence-corrected chi connectivity index (χ2v) is 7.63. The van der Waals surface area contributed by atoms with Crippen molar-refractivity contribution in [3.63, 3.8) is 0 Å². The van der Waals surface area contributed by atoms with Crippen LogP contribution < -0.4 is 0 Å². The summed E-state index contributed by atoms with van der Waals surface area (Å²) in [5.41, 5.74) is -12.5. The van der Waals surface area contributed by atoms with Gasteiger partial charge in [0.2, 0.25) is 17.5 Å². The molecule has 0 fully saturated rings. The molecule has 0 aliphatic heterocycles. The molecule has 0 aliphatic carbocycles. The minimum Gasteiger partial charge on any atom is -0.203 e. The van der Waals surface area contributed by atoms with Crippen LogP contribution in [0.1, 0.15) is 29.5 Å². The Labute approximate surface area is 203 Å². The van der Waals surface area contributed by atoms with Crippen molar-refractivity contribution in [2.75, 3.05) is 0 Å². The summed E-state index contributed by atoms with van der Waals surface area (Å²) in [5, 5.41) is 0. The van der Waals surface area contributed by atoms with Crippen molar-refractivity contribution >= 4 is 7.85 Å². The first-order valence-electron chi connectivity index (χ1n) is 9.85.